The highest BCUT2D eigenvalue weighted by atomic mass is 35.5. The molecule has 0 bridgehead atoms. The molecule has 0 spiro atoms. The molecule has 0 atom stereocenters. The number of halogens is 2. The molecular weight excluding hydrogens is 305 g/mol. The van der Waals surface area contributed by atoms with Crippen molar-refractivity contribution in [1.29, 1.82) is 0 Å². The van der Waals surface area contributed by atoms with E-state index in [9.17, 15) is 0 Å². The van der Waals surface area contributed by atoms with Gasteiger partial charge in [-0.25, -0.2) is 4.98 Å². The highest BCUT2D eigenvalue weighted by Crippen LogP contribution is 2.32. The number of ether oxygens (including phenoxy) is 1. The second kappa shape index (κ2) is 5.92. The Morgan fingerprint density at radius 2 is 1.90 bits per heavy atom. The zero-order valence-corrected chi connectivity index (χ0v) is 12.9. The molecule has 2 aromatic carbocycles. The van der Waals surface area contributed by atoms with E-state index in [-0.39, 0.29) is 0 Å². The number of pyridine rings is 1. The van der Waals surface area contributed by atoms with Crippen molar-refractivity contribution in [1.82, 2.24) is 4.98 Å². The van der Waals surface area contributed by atoms with Crippen LogP contribution in [0.5, 0.6) is 11.6 Å². The lowest BCUT2D eigenvalue weighted by Crippen LogP contribution is -1.95. The number of benzene rings is 2. The van der Waals surface area contributed by atoms with E-state index in [1.165, 1.54) is 0 Å². The standard InChI is InChI=1S/C17H13Cl2NO/c1-11-6-7-13(19)9-16(11)21-17-15-5-3-2-4-12(15)8-14(10-18)20-17/h2-9H,10H2,1H3. The molecule has 4 heteroatoms. The SMILES string of the molecule is Cc1ccc(Cl)cc1Oc1nc(CCl)cc2ccccc12. The van der Waals surface area contributed by atoms with Gasteiger partial charge in [0, 0.05) is 10.4 Å². The van der Waals surface area contributed by atoms with Gasteiger partial charge in [-0.2, -0.15) is 0 Å². The highest BCUT2D eigenvalue weighted by molar-refractivity contribution is 6.30. The van der Waals surface area contributed by atoms with Gasteiger partial charge < -0.3 is 4.74 Å². The molecule has 0 radical (unpaired) electrons. The van der Waals surface area contributed by atoms with Crippen LogP contribution in [-0.4, -0.2) is 4.98 Å². The minimum Gasteiger partial charge on any atom is -0.438 e. The van der Waals surface area contributed by atoms with Crippen molar-refractivity contribution in [2.75, 3.05) is 0 Å². The van der Waals surface area contributed by atoms with Crippen molar-refractivity contribution >= 4 is 34.0 Å². The Balaban J connectivity index is 2.13. The fourth-order valence-corrected chi connectivity index (χ4v) is 2.45. The Hall–Kier alpha value is -1.77. The summed E-state index contributed by atoms with van der Waals surface area (Å²) in [6, 6.07) is 15.5. The summed E-state index contributed by atoms with van der Waals surface area (Å²) < 4.78 is 5.99. The van der Waals surface area contributed by atoms with Crippen LogP contribution in [-0.2, 0) is 5.88 Å². The third-order valence-electron chi connectivity index (χ3n) is 3.25. The van der Waals surface area contributed by atoms with Crippen molar-refractivity contribution in [3.8, 4) is 11.6 Å². The molecule has 21 heavy (non-hydrogen) atoms. The van der Waals surface area contributed by atoms with Crippen LogP contribution in [0.15, 0.2) is 48.5 Å². The number of alkyl halides is 1. The molecule has 0 saturated heterocycles. The molecule has 0 amide bonds. The lowest BCUT2D eigenvalue weighted by Gasteiger charge is -2.11. The number of rotatable bonds is 3. The average Bonchev–Trinajstić information content (AvgIpc) is 2.50. The molecule has 0 aliphatic carbocycles. The van der Waals surface area contributed by atoms with Crippen LogP contribution < -0.4 is 4.74 Å². The van der Waals surface area contributed by atoms with E-state index < -0.39 is 0 Å². The van der Waals surface area contributed by atoms with E-state index in [2.05, 4.69) is 4.98 Å². The normalized spacial score (nSPS) is 10.8. The molecule has 0 aliphatic rings. The molecule has 2 nitrogen and oxygen atoms in total. The van der Waals surface area contributed by atoms with E-state index in [1.807, 2.05) is 49.4 Å². The number of fused-ring (bicyclic) bond motifs is 1. The highest BCUT2D eigenvalue weighted by Gasteiger charge is 2.09. The van der Waals surface area contributed by atoms with Crippen LogP contribution >= 0.6 is 23.2 Å². The van der Waals surface area contributed by atoms with E-state index in [1.54, 1.807) is 6.07 Å². The van der Waals surface area contributed by atoms with Crippen molar-refractivity contribution in [2.24, 2.45) is 0 Å². The summed E-state index contributed by atoms with van der Waals surface area (Å²) in [4.78, 5) is 4.49. The van der Waals surface area contributed by atoms with Gasteiger partial charge >= 0.3 is 0 Å². The van der Waals surface area contributed by atoms with E-state index in [0.717, 1.165) is 22.0 Å². The first-order valence-corrected chi connectivity index (χ1v) is 7.47. The zero-order chi connectivity index (χ0) is 14.8. The Labute approximate surface area is 133 Å². The third-order valence-corrected chi connectivity index (χ3v) is 3.76. The number of aryl methyl sites for hydroxylation is 1. The molecule has 3 rings (SSSR count). The second-order valence-corrected chi connectivity index (χ2v) is 5.49. The molecule has 1 aromatic heterocycles. The second-order valence-electron chi connectivity index (χ2n) is 4.79. The quantitative estimate of drug-likeness (QED) is 0.576. The summed E-state index contributed by atoms with van der Waals surface area (Å²) in [7, 11) is 0. The van der Waals surface area contributed by atoms with Gasteiger partial charge in [-0.15, -0.1) is 11.6 Å². The van der Waals surface area contributed by atoms with Crippen molar-refractivity contribution in [3.63, 3.8) is 0 Å². The Morgan fingerprint density at radius 1 is 1.10 bits per heavy atom. The maximum atomic E-state index is 6.04. The van der Waals surface area contributed by atoms with Gasteiger partial charge in [0.15, 0.2) is 0 Å². The Bertz CT molecular complexity index is 802. The van der Waals surface area contributed by atoms with Crippen molar-refractivity contribution in [3.05, 3.63) is 64.8 Å². The number of hydrogen-bond acceptors (Lipinski definition) is 2. The summed E-state index contributed by atoms with van der Waals surface area (Å²) in [5.74, 6) is 1.59. The van der Waals surface area contributed by atoms with Gasteiger partial charge in [0.05, 0.1) is 11.6 Å². The first-order valence-electron chi connectivity index (χ1n) is 6.56. The lowest BCUT2D eigenvalue weighted by molar-refractivity contribution is 0.464. The first kappa shape index (κ1) is 14.2. The number of nitrogens with zero attached hydrogens (tertiary/aromatic N) is 1. The topological polar surface area (TPSA) is 22.1 Å². The summed E-state index contributed by atoms with van der Waals surface area (Å²) in [5, 5.41) is 2.64. The molecule has 1 heterocycles. The predicted molar refractivity (Wildman–Crippen MR) is 87.6 cm³/mol. The van der Waals surface area contributed by atoms with Crippen LogP contribution in [0.2, 0.25) is 5.02 Å². The molecule has 106 valence electrons. The minimum atomic E-state index is 0.343. The fraction of sp³-hybridized carbons (Fsp3) is 0.118. The molecule has 0 fully saturated rings. The van der Waals surface area contributed by atoms with E-state index in [0.29, 0.717) is 22.5 Å². The summed E-state index contributed by atoms with van der Waals surface area (Å²) >= 11 is 12.0. The van der Waals surface area contributed by atoms with Gasteiger partial charge in [0.25, 0.3) is 0 Å². The maximum absolute atomic E-state index is 6.04. The monoisotopic (exact) mass is 317 g/mol. The molecule has 3 aromatic rings. The van der Waals surface area contributed by atoms with Crippen molar-refractivity contribution in [2.45, 2.75) is 12.8 Å². The average molecular weight is 318 g/mol. The summed E-state index contributed by atoms with van der Waals surface area (Å²) in [6.07, 6.45) is 0. The van der Waals surface area contributed by atoms with Crippen LogP contribution in [0.3, 0.4) is 0 Å². The van der Waals surface area contributed by atoms with Crippen LogP contribution in [0, 0.1) is 6.92 Å². The van der Waals surface area contributed by atoms with E-state index >= 15 is 0 Å². The van der Waals surface area contributed by atoms with Crippen LogP contribution in [0.25, 0.3) is 10.8 Å². The van der Waals surface area contributed by atoms with Gasteiger partial charge in [-0.05, 0) is 42.1 Å². The van der Waals surface area contributed by atoms with Crippen molar-refractivity contribution < 1.29 is 4.74 Å². The summed E-state index contributed by atoms with van der Waals surface area (Å²) in [6.45, 7) is 1.97. The lowest BCUT2D eigenvalue weighted by atomic mass is 10.1. The predicted octanol–water partition coefficient (Wildman–Crippen LogP) is 5.73. The van der Waals surface area contributed by atoms with Gasteiger partial charge in [0.1, 0.15) is 5.75 Å². The minimum absolute atomic E-state index is 0.343. The molecule has 0 saturated carbocycles. The molecule has 0 N–H and O–H groups in total. The summed E-state index contributed by atoms with van der Waals surface area (Å²) in [5.41, 5.74) is 1.78. The maximum Gasteiger partial charge on any atom is 0.227 e. The Kier molecular flexibility index (Phi) is 4.00. The van der Waals surface area contributed by atoms with E-state index in [4.69, 9.17) is 27.9 Å². The van der Waals surface area contributed by atoms with Gasteiger partial charge in [-0.3, -0.25) is 0 Å². The van der Waals surface area contributed by atoms with Gasteiger partial charge in [-0.1, -0.05) is 35.9 Å². The smallest absolute Gasteiger partial charge is 0.227 e. The zero-order valence-electron chi connectivity index (χ0n) is 11.4. The van der Waals surface area contributed by atoms with Crippen LogP contribution in [0.4, 0.5) is 0 Å². The largest absolute Gasteiger partial charge is 0.438 e. The molecule has 0 unspecified atom stereocenters. The van der Waals surface area contributed by atoms with Crippen LogP contribution in [0.1, 0.15) is 11.3 Å². The Morgan fingerprint density at radius 3 is 2.71 bits per heavy atom. The van der Waals surface area contributed by atoms with Gasteiger partial charge in [0.2, 0.25) is 5.88 Å². The third kappa shape index (κ3) is 2.97. The number of hydrogen-bond donors (Lipinski definition) is 0. The first-order chi connectivity index (χ1) is 10.2. The fourth-order valence-electron chi connectivity index (χ4n) is 2.15. The molecular formula is C17H13Cl2NO. The number of aromatic nitrogens is 1. The molecule has 0 aliphatic heterocycles.